The quantitative estimate of drug-likeness (QED) is 0.803. The second-order valence-corrected chi connectivity index (χ2v) is 6.48. The lowest BCUT2D eigenvalue weighted by atomic mass is 9.85. The van der Waals surface area contributed by atoms with E-state index in [1.807, 2.05) is 11.9 Å². The van der Waals surface area contributed by atoms with E-state index in [9.17, 15) is 4.79 Å². The molecule has 17 heavy (non-hydrogen) atoms. The van der Waals surface area contributed by atoms with Crippen molar-refractivity contribution < 1.29 is 4.79 Å². The second-order valence-electron chi connectivity index (χ2n) is 6.48. The van der Waals surface area contributed by atoms with Crippen LogP contribution in [0.3, 0.4) is 0 Å². The van der Waals surface area contributed by atoms with Crippen LogP contribution in [0.2, 0.25) is 0 Å². The molecular formula is C14H28N2O. The molecule has 0 aromatic rings. The molecule has 0 aliphatic carbocycles. The van der Waals surface area contributed by atoms with Gasteiger partial charge < -0.3 is 10.2 Å². The van der Waals surface area contributed by atoms with E-state index in [-0.39, 0.29) is 17.4 Å². The van der Waals surface area contributed by atoms with Crippen LogP contribution in [0.15, 0.2) is 0 Å². The van der Waals surface area contributed by atoms with Gasteiger partial charge in [0.25, 0.3) is 0 Å². The number of carbonyl (C=O) groups is 1. The van der Waals surface area contributed by atoms with Gasteiger partial charge in [0.05, 0.1) is 5.92 Å². The van der Waals surface area contributed by atoms with Crippen molar-refractivity contribution in [2.45, 2.75) is 59.5 Å². The van der Waals surface area contributed by atoms with Crippen molar-refractivity contribution in [1.29, 1.82) is 0 Å². The minimum absolute atomic E-state index is 0.135. The highest BCUT2D eigenvalue weighted by molar-refractivity contribution is 5.79. The average Bonchev–Trinajstić information content (AvgIpc) is 2.25. The Bertz CT molecular complexity index is 270. The van der Waals surface area contributed by atoms with Crippen LogP contribution in [0.5, 0.6) is 0 Å². The third kappa shape index (κ3) is 3.44. The standard InChI is InChI=1S/C14H28N2O/c1-10-12(8-7-9-15-10)13(17)16(6)11(2)14(3,4)5/h10-12,15H,7-9H2,1-6H3. The number of rotatable bonds is 2. The number of carbonyl (C=O) groups excluding carboxylic acids is 1. The summed E-state index contributed by atoms with van der Waals surface area (Å²) in [6.45, 7) is 11.9. The van der Waals surface area contributed by atoms with Crippen LogP contribution < -0.4 is 5.32 Å². The van der Waals surface area contributed by atoms with Crippen LogP contribution in [0.1, 0.15) is 47.5 Å². The Balaban J connectivity index is 2.68. The summed E-state index contributed by atoms with van der Waals surface area (Å²) in [5.41, 5.74) is 0.135. The normalized spacial score (nSPS) is 27.6. The first kappa shape index (κ1) is 14.5. The molecule has 1 aliphatic rings. The fourth-order valence-electron chi connectivity index (χ4n) is 2.41. The highest BCUT2D eigenvalue weighted by Crippen LogP contribution is 2.26. The topological polar surface area (TPSA) is 32.3 Å². The first-order chi connectivity index (χ1) is 7.75. The van der Waals surface area contributed by atoms with E-state index in [1.54, 1.807) is 0 Å². The maximum absolute atomic E-state index is 12.5. The lowest BCUT2D eigenvalue weighted by molar-refractivity contribution is -0.139. The van der Waals surface area contributed by atoms with Gasteiger partial charge in [-0.3, -0.25) is 4.79 Å². The zero-order chi connectivity index (χ0) is 13.2. The fraction of sp³-hybridized carbons (Fsp3) is 0.929. The Hall–Kier alpha value is -0.570. The second kappa shape index (κ2) is 5.38. The van der Waals surface area contributed by atoms with E-state index >= 15 is 0 Å². The van der Waals surface area contributed by atoms with Crippen molar-refractivity contribution >= 4 is 5.91 Å². The maximum Gasteiger partial charge on any atom is 0.227 e. The van der Waals surface area contributed by atoms with Crippen LogP contribution >= 0.6 is 0 Å². The molecule has 100 valence electrons. The molecule has 1 amide bonds. The first-order valence-electron chi connectivity index (χ1n) is 6.75. The van der Waals surface area contributed by atoms with Crippen LogP contribution in [-0.2, 0) is 4.79 Å². The van der Waals surface area contributed by atoms with Crippen molar-refractivity contribution in [3.05, 3.63) is 0 Å². The Labute approximate surface area is 106 Å². The summed E-state index contributed by atoms with van der Waals surface area (Å²) in [6.07, 6.45) is 2.13. The predicted molar refractivity (Wildman–Crippen MR) is 71.9 cm³/mol. The third-order valence-electron chi connectivity index (χ3n) is 4.26. The summed E-state index contributed by atoms with van der Waals surface area (Å²) < 4.78 is 0. The molecule has 1 heterocycles. The molecule has 1 aliphatic heterocycles. The van der Waals surface area contributed by atoms with E-state index in [4.69, 9.17) is 0 Å². The van der Waals surface area contributed by atoms with Gasteiger partial charge in [-0.2, -0.15) is 0 Å². The molecule has 0 bridgehead atoms. The molecule has 1 rings (SSSR count). The molecule has 3 nitrogen and oxygen atoms in total. The summed E-state index contributed by atoms with van der Waals surface area (Å²) in [7, 11) is 1.94. The third-order valence-corrected chi connectivity index (χ3v) is 4.26. The van der Waals surface area contributed by atoms with Crippen LogP contribution in [0, 0.1) is 11.3 Å². The molecule has 0 aromatic carbocycles. The van der Waals surface area contributed by atoms with Gasteiger partial charge in [0, 0.05) is 19.1 Å². The SMILES string of the molecule is CC1NCCCC1C(=O)N(C)C(C)C(C)(C)C. The van der Waals surface area contributed by atoms with Gasteiger partial charge in [-0.25, -0.2) is 0 Å². The molecule has 1 saturated heterocycles. The van der Waals surface area contributed by atoms with Gasteiger partial charge in [0.15, 0.2) is 0 Å². The van der Waals surface area contributed by atoms with Gasteiger partial charge >= 0.3 is 0 Å². The van der Waals surface area contributed by atoms with Gasteiger partial charge in [0.1, 0.15) is 0 Å². The summed E-state index contributed by atoms with van der Waals surface area (Å²) >= 11 is 0. The number of nitrogens with one attached hydrogen (secondary N) is 1. The summed E-state index contributed by atoms with van der Waals surface area (Å²) in [6, 6.07) is 0.579. The zero-order valence-corrected chi connectivity index (χ0v) is 12.2. The van der Waals surface area contributed by atoms with E-state index in [0.29, 0.717) is 11.9 Å². The number of hydrogen-bond donors (Lipinski definition) is 1. The molecule has 0 saturated carbocycles. The highest BCUT2D eigenvalue weighted by Gasteiger charge is 2.34. The van der Waals surface area contributed by atoms with Crippen LogP contribution in [0.4, 0.5) is 0 Å². The smallest absolute Gasteiger partial charge is 0.227 e. The average molecular weight is 240 g/mol. The number of piperidine rings is 1. The van der Waals surface area contributed by atoms with Crippen molar-refractivity contribution in [2.24, 2.45) is 11.3 Å². The van der Waals surface area contributed by atoms with Crippen molar-refractivity contribution in [3.63, 3.8) is 0 Å². The number of amides is 1. The van der Waals surface area contributed by atoms with Crippen molar-refractivity contribution in [1.82, 2.24) is 10.2 Å². The Morgan fingerprint density at radius 2 is 2.00 bits per heavy atom. The van der Waals surface area contributed by atoms with Crippen molar-refractivity contribution in [3.8, 4) is 0 Å². The molecule has 0 radical (unpaired) electrons. The van der Waals surface area contributed by atoms with Crippen LogP contribution in [-0.4, -0.2) is 36.5 Å². The first-order valence-corrected chi connectivity index (χ1v) is 6.75. The summed E-state index contributed by atoms with van der Waals surface area (Å²) in [5.74, 6) is 0.450. The number of nitrogens with zero attached hydrogens (tertiary/aromatic N) is 1. The molecule has 3 heteroatoms. The van der Waals surface area contributed by atoms with E-state index in [1.165, 1.54) is 0 Å². The molecule has 1 fully saturated rings. The molecule has 0 aromatic heterocycles. The minimum Gasteiger partial charge on any atom is -0.342 e. The van der Waals surface area contributed by atoms with E-state index in [2.05, 4.69) is 39.9 Å². The monoisotopic (exact) mass is 240 g/mol. The van der Waals surface area contributed by atoms with Crippen LogP contribution in [0.25, 0.3) is 0 Å². The zero-order valence-electron chi connectivity index (χ0n) is 12.2. The van der Waals surface area contributed by atoms with Gasteiger partial charge in [-0.1, -0.05) is 20.8 Å². The lowest BCUT2D eigenvalue weighted by Gasteiger charge is -2.39. The fourth-order valence-corrected chi connectivity index (χ4v) is 2.41. The Morgan fingerprint density at radius 1 is 1.41 bits per heavy atom. The minimum atomic E-state index is 0.135. The lowest BCUT2D eigenvalue weighted by Crippen LogP contribution is -2.51. The highest BCUT2D eigenvalue weighted by atomic mass is 16.2. The predicted octanol–water partition coefficient (Wildman–Crippen LogP) is 2.27. The summed E-state index contributed by atoms with van der Waals surface area (Å²) in [4.78, 5) is 14.4. The number of hydrogen-bond acceptors (Lipinski definition) is 2. The van der Waals surface area contributed by atoms with E-state index in [0.717, 1.165) is 19.4 Å². The van der Waals surface area contributed by atoms with Crippen molar-refractivity contribution in [2.75, 3.05) is 13.6 Å². The van der Waals surface area contributed by atoms with E-state index < -0.39 is 0 Å². The van der Waals surface area contributed by atoms with Gasteiger partial charge in [-0.15, -0.1) is 0 Å². The Kier molecular flexibility index (Phi) is 4.59. The maximum atomic E-state index is 12.5. The van der Waals surface area contributed by atoms with Gasteiger partial charge in [0.2, 0.25) is 5.91 Å². The molecule has 3 unspecified atom stereocenters. The molecule has 3 atom stereocenters. The van der Waals surface area contributed by atoms with Gasteiger partial charge in [-0.05, 0) is 38.6 Å². The Morgan fingerprint density at radius 3 is 2.47 bits per heavy atom. The largest absolute Gasteiger partial charge is 0.342 e. The molecular weight excluding hydrogens is 212 g/mol. The molecule has 1 N–H and O–H groups in total. The molecule has 0 spiro atoms. The summed E-state index contributed by atoms with van der Waals surface area (Å²) in [5, 5.41) is 3.40.